The smallest absolute Gasteiger partial charge is 0.118 e. The number of phenols is 1. The van der Waals surface area contributed by atoms with Gasteiger partial charge in [0.25, 0.3) is 0 Å². The van der Waals surface area contributed by atoms with Crippen molar-refractivity contribution in [1.82, 2.24) is 0 Å². The molecule has 0 saturated heterocycles. The molecule has 0 aliphatic heterocycles. The molecule has 1 aromatic carbocycles. The molecule has 96 valence electrons. The summed E-state index contributed by atoms with van der Waals surface area (Å²) in [6.07, 6.45) is 0. The highest BCUT2D eigenvalue weighted by Crippen LogP contribution is 2.37. The zero-order valence-electron chi connectivity index (χ0n) is 11.8. The number of aromatic hydroxyl groups is 1. The summed E-state index contributed by atoms with van der Waals surface area (Å²) >= 11 is 0. The van der Waals surface area contributed by atoms with Gasteiger partial charge in [0.2, 0.25) is 0 Å². The lowest BCUT2D eigenvalue weighted by Gasteiger charge is -2.30. The summed E-state index contributed by atoms with van der Waals surface area (Å²) in [5, 5.41) is 9.82. The molecule has 0 fully saturated rings. The van der Waals surface area contributed by atoms with E-state index in [4.69, 9.17) is 5.73 Å². The lowest BCUT2D eigenvalue weighted by atomic mass is 9.79. The third kappa shape index (κ3) is 3.01. The first kappa shape index (κ1) is 14.0. The molecule has 0 aliphatic rings. The topological polar surface area (TPSA) is 46.2 Å². The van der Waals surface area contributed by atoms with E-state index in [9.17, 15) is 5.11 Å². The number of phenolic OH excluding ortho intramolecular Hbond substituents is 1. The van der Waals surface area contributed by atoms with Gasteiger partial charge in [-0.2, -0.15) is 0 Å². The molecule has 1 unspecified atom stereocenters. The third-order valence-electron chi connectivity index (χ3n) is 3.29. The van der Waals surface area contributed by atoms with Gasteiger partial charge in [0, 0.05) is 6.04 Å². The van der Waals surface area contributed by atoms with Crippen LogP contribution in [-0.2, 0) is 0 Å². The van der Waals surface area contributed by atoms with Gasteiger partial charge in [-0.25, -0.2) is 0 Å². The van der Waals surface area contributed by atoms with Crippen LogP contribution in [0.1, 0.15) is 63.3 Å². The van der Waals surface area contributed by atoms with E-state index in [1.54, 1.807) is 0 Å². The van der Waals surface area contributed by atoms with Crippen LogP contribution in [0.15, 0.2) is 12.1 Å². The van der Waals surface area contributed by atoms with Crippen molar-refractivity contribution in [2.24, 2.45) is 11.1 Å². The maximum atomic E-state index is 9.82. The molecule has 0 amide bonds. The van der Waals surface area contributed by atoms with Crippen molar-refractivity contribution in [2.75, 3.05) is 0 Å². The minimum Gasteiger partial charge on any atom is -0.508 e. The van der Waals surface area contributed by atoms with E-state index >= 15 is 0 Å². The Kier molecular flexibility index (Phi) is 3.88. The van der Waals surface area contributed by atoms with Gasteiger partial charge < -0.3 is 10.8 Å². The Morgan fingerprint density at radius 3 is 2.06 bits per heavy atom. The van der Waals surface area contributed by atoms with Crippen molar-refractivity contribution >= 4 is 0 Å². The molecule has 3 N–H and O–H groups in total. The molecule has 0 spiro atoms. The van der Waals surface area contributed by atoms with E-state index < -0.39 is 0 Å². The molecular weight excluding hydrogens is 210 g/mol. The van der Waals surface area contributed by atoms with E-state index in [0.29, 0.717) is 11.7 Å². The van der Waals surface area contributed by atoms with Crippen molar-refractivity contribution in [2.45, 2.75) is 53.5 Å². The first-order valence-corrected chi connectivity index (χ1v) is 6.23. The second-order valence-corrected chi connectivity index (χ2v) is 6.27. The number of benzene rings is 1. The molecule has 0 saturated carbocycles. The second kappa shape index (κ2) is 4.69. The molecule has 0 aliphatic carbocycles. The Balaban J connectivity index is 3.36. The van der Waals surface area contributed by atoms with Gasteiger partial charge in [-0.15, -0.1) is 0 Å². The molecule has 1 aromatic rings. The highest BCUT2D eigenvalue weighted by Gasteiger charge is 2.25. The Hall–Kier alpha value is -1.02. The van der Waals surface area contributed by atoms with Crippen LogP contribution in [0.2, 0.25) is 0 Å². The SMILES string of the molecule is Cc1cc(C(N)C(C)(C)C)c(C(C)C)cc1O. The molecule has 17 heavy (non-hydrogen) atoms. The Bertz CT molecular complexity index is 402. The van der Waals surface area contributed by atoms with E-state index in [2.05, 4.69) is 34.6 Å². The summed E-state index contributed by atoms with van der Waals surface area (Å²) in [6, 6.07) is 3.88. The maximum Gasteiger partial charge on any atom is 0.118 e. The second-order valence-electron chi connectivity index (χ2n) is 6.27. The zero-order chi connectivity index (χ0) is 13.4. The normalized spacial score (nSPS) is 14.1. The fourth-order valence-corrected chi connectivity index (χ4v) is 1.97. The highest BCUT2D eigenvalue weighted by atomic mass is 16.3. The number of hydrogen-bond donors (Lipinski definition) is 2. The fourth-order valence-electron chi connectivity index (χ4n) is 1.97. The molecule has 2 nitrogen and oxygen atoms in total. The summed E-state index contributed by atoms with van der Waals surface area (Å²) in [5.41, 5.74) is 9.57. The average molecular weight is 235 g/mol. The molecule has 0 heterocycles. The molecule has 0 aromatic heterocycles. The van der Waals surface area contributed by atoms with Crippen LogP contribution >= 0.6 is 0 Å². The quantitative estimate of drug-likeness (QED) is 0.817. The number of aryl methyl sites for hydroxylation is 1. The van der Waals surface area contributed by atoms with E-state index in [1.165, 1.54) is 0 Å². The predicted octanol–water partition coefficient (Wildman–Crippen LogP) is 3.87. The van der Waals surface area contributed by atoms with Crippen LogP contribution in [0.4, 0.5) is 0 Å². The average Bonchev–Trinajstić information content (AvgIpc) is 2.18. The van der Waals surface area contributed by atoms with Crippen molar-refractivity contribution in [3.63, 3.8) is 0 Å². The van der Waals surface area contributed by atoms with Crippen molar-refractivity contribution in [1.29, 1.82) is 0 Å². The largest absolute Gasteiger partial charge is 0.508 e. The minimum atomic E-state index is -0.0146. The summed E-state index contributed by atoms with van der Waals surface area (Å²) in [5.74, 6) is 0.725. The molecule has 0 bridgehead atoms. The van der Waals surface area contributed by atoms with Gasteiger partial charge in [0.15, 0.2) is 0 Å². The number of rotatable bonds is 2. The Morgan fingerprint density at radius 2 is 1.65 bits per heavy atom. The van der Waals surface area contributed by atoms with Gasteiger partial charge in [-0.1, -0.05) is 40.7 Å². The standard InChI is InChI=1S/C15H25NO/c1-9(2)11-8-13(17)10(3)7-12(11)14(16)15(4,5)6/h7-9,14,17H,16H2,1-6H3. The summed E-state index contributed by atoms with van der Waals surface area (Å²) in [4.78, 5) is 0. The van der Waals surface area contributed by atoms with E-state index in [0.717, 1.165) is 16.7 Å². The van der Waals surface area contributed by atoms with Gasteiger partial charge in [-0.05, 0) is 41.0 Å². The van der Waals surface area contributed by atoms with Gasteiger partial charge in [0.05, 0.1) is 0 Å². The van der Waals surface area contributed by atoms with Crippen LogP contribution in [-0.4, -0.2) is 5.11 Å². The fraction of sp³-hybridized carbons (Fsp3) is 0.600. The summed E-state index contributed by atoms with van der Waals surface area (Å²) < 4.78 is 0. The lowest BCUT2D eigenvalue weighted by molar-refractivity contribution is 0.324. The third-order valence-corrected chi connectivity index (χ3v) is 3.29. The number of nitrogens with two attached hydrogens (primary N) is 1. The molecule has 0 radical (unpaired) electrons. The molecular formula is C15H25NO. The van der Waals surface area contributed by atoms with Crippen molar-refractivity contribution in [3.05, 3.63) is 28.8 Å². The van der Waals surface area contributed by atoms with Gasteiger partial charge in [0.1, 0.15) is 5.75 Å². The summed E-state index contributed by atoms with van der Waals surface area (Å²) in [6.45, 7) is 12.6. The molecule has 1 rings (SSSR count). The van der Waals surface area contributed by atoms with E-state index in [1.807, 2.05) is 19.1 Å². The lowest BCUT2D eigenvalue weighted by Crippen LogP contribution is -2.27. The van der Waals surface area contributed by atoms with Crippen molar-refractivity contribution in [3.8, 4) is 5.75 Å². The van der Waals surface area contributed by atoms with Crippen LogP contribution < -0.4 is 5.73 Å². The highest BCUT2D eigenvalue weighted by molar-refractivity contribution is 5.44. The van der Waals surface area contributed by atoms with E-state index in [-0.39, 0.29) is 11.5 Å². The first-order chi connectivity index (χ1) is 7.64. The maximum absolute atomic E-state index is 9.82. The monoisotopic (exact) mass is 235 g/mol. The van der Waals surface area contributed by atoms with Crippen LogP contribution in [0.3, 0.4) is 0 Å². The minimum absolute atomic E-state index is 0.0146. The van der Waals surface area contributed by atoms with Crippen LogP contribution in [0.25, 0.3) is 0 Å². The van der Waals surface area contributed by atoms with Crippen molar-refractivity contribution < 1.29 is 5.11 Å². The molecule has 2 heteroatoms. The first-order valence-electron chi connectivity index (χ1n) is 6.23. The van der Waals surface area contributed by atoms with Gasteiger partial charge >= 0.3 is 0 Å². The number of hydrogen-bond acceptors (Lipinski definition) is 2. The predicted molar refractivity (Wildman–Crippen MR) is 73.3 cm³/mol. The Morgan fingerprint density at radius 1 is 1.12 bits per heavy atom. The molecule has 1 atom stereocenters. The zero-order valence-corrected chi connectivity index (χ0v) is 11.8. The Labute approximate surface area is 105 Å². The van der Waals surface area contributed by atoms with Crippen LogP contribution in [0.5, 0.6) is 5.75 Å². The van der Waals surface area contributed by atoms with Gasteiger partial charge in [-0.3, -0.25) is 0 Å². The van der Waals surface area contributed by atoms with Crippen LogP contribution in [0, 0.1) is 12.3 Å². The summed E-state index contributed by atoms with van der Waals surface area (Å²) in [7, 11) is 0.